The summed E-state index contributed by atoms with van der Waals surface area (Å²) in [5.41, 5.74) is -0.125. The van der Waals surface area contributed by atoms with Gasteiger partial charge in [-0.25, -0.2) is 17.9 Å². The molecule has 142 valence electrons. The molecule has 0 fully saturated rings. The third-order valence-corrected chi connectivity index (χ3v) is 5.22. The minimum absolute atomic E-state index is 0.00336. The molecule has 1 heterocycles. The van der Waals surface area contributed by atoms with Crippen molar-refractivity contribution in [2.24, 2.45) is 0 Å². The fourth-order valence-electron chi connectivity index (χ4n) is 2.45. The van der Waals surface area contributed by atoms with E-state index in [0.717, 1.165) is 0 Å². The molecule has 0 atom stereocenters. The number of carboxylic acids is 1. The Morgan fingerprint density at radius 1 is 1.00 bits per heavy atom. The molecule has 1 aliphatic heterocycles. The fourth-order valence-corrected chi connectivity index (χ4v) is 3.50. The van der Waals surface area contributed by atoms with Crippen molar-refractivity contribution in [1.82, 2.24) is 10.0 Å². The molecule has 1 aliphatic rings. The van der Waals surface area contributed by atoms with Gasteiger partial charge in [-0.3, -0.25) is 4.79 Å². The van der Waals surface area contributed by atoms with Crippen molar-refractivity contribution >= 4 is 21.9 Å². The molecular formula is C17H16N2O7S. The number of hydrogen-bond acceptors (Lipinski definition) is 6. The van der Waals surface area contributed by atoms with Crippen molar-refractivity contribution in [1.29, 1.82) is 0 Å². The third kappa shape index (κ3) is 4.18. The summed E-state index contributed by atoms with van der Waals surface area (Å²) in [4.78, 5) is 23.3. The number of sulfonamides is 1. The molecule has 9 nitrogen and oxygen atoms in total. The van der Waals surface area contributed by atoms with Gasteiger partial charge in [0.1, 0.15) is 0 Å². The second kappa shape index (κ2) is 7.64. The summed E-state index contributed by atoms with van der Waals surface area (Å²) < 4.78 is 37.2. The van der Waals surface area contributed by atoms with E-state index < -0.39 is 21.9 Å². The number of amides is 1. The van der Waals surface area contributed by atoms with E-state index >= 15 is 0 Å². The van der Waals surface area contributed by atoms with Gasteiger partial charge in [-0.15, -0.1) is 0 Å². The van der Waals surface area contributed by atoms with Gasteiger partial charge in [0.25, 0.3) is 5.91 Å². The van der Waals surface area contributed by atoms with E-state index in [1.807, 2.05) is 0 Å². The van der Waals surface area contributed by atoms with Crippen LogP contribution in [-0.2, 0) is 10.0 Å². The van der Waals surface area contributed by atoms with Crippen LogP contribution in [0.2, 0.25) is 0 Å². The number of aromatic carboxylic acids is 1. The molecule has 27 heavy (non-hydrogen) atoms. The van der Waals surface area contributed by atoms with Gasteiger partial charge >= 0.3 is 5.97 Å². The fraction of sp³-hybridized carbons (Fsp3) is 0.176. The third-order valence-electron chi connectivity index (χ3n) is 3.76. The average Bonchev–Trinajstić information content (AvgIpc) is 3.13. The molecule has 0 saturated heterocycles. The molecule has 0 unspecified atom stereocenters. The standard InChI is InChI=1S/C17H16N2O7S/c20-16(12-3-1-2-4-13(12)17(21)22)18-7-8-19-27(23,24)11-5-6-14-15(9-11)26-10-25-14/h1-6,9,19H,7-8,10H2,(H,18,20)(H,21,22). The second-order valence-electron chi connectivity index (χ2n) is 5.52. The van der Waals surface area contributed by atoms with Crippen LogP contribution in [-0.4, -0.2) is 45.3 Å². The molecule has 0 spiro atoms. The van der Waals surface area contributed by atoms with Crippen LogP contribution in [0, 0.1) is 0 Å². The summed E-state index contributed by atoms with van der Waals surface area (Å²) in [7, 11) is -3.80. The molecule has 3 N–H and O–H groups in total. The molecule has 1 amide bonds. The first kappa shape index (κ1) is 18.7. The molecule has 2 aromatic carbocycles. The zero-order valence-corrected chi connectivity index (χ0v) is 14.8. The Labute approximate surface area is 155 Å². The zero-order valence-electron chi connectivity index (χ0n) is 14.0. The van der Waals surface area contributed by atoms with Crippen molar-refractivity contribution in [3.05, 3.63) is 53.6 Å². The predicted molar refractivity (Wildman–Crippen MR) is 93.5 cm³/mol. The summed E-state index contributed by atoms with van der Waals surface area (Å²) in [6.07, 6.45) is 0. The van der Waals surface area contributed by atoms with E-state index in [4.69, 9.17) is 14.6 Å². The molecule has 10 heteroatoms. The quantitative estimate of drug-likeness (QED) is 0.595. The number of nitrogens with one attached hydrogen (secondary N) is 2. The van der Waals surface area contributed by atoms with Crippen molar-refractivity contribution in [3.63, 3.8) is 0 Å². The monoisotopic (exact) mass is 392 g/mol. The number of ether oxygens (including phenoxy) is 2. The minimum atomic E-state index is -3.80. The minimum Gasteiger partial charge on any atom is -0.478 e. The largest absolute Gasteiger partial charge is 0.478 e. The van der Waals surface area contributed by atoms with Gasteiger partial charge in [0.05, 0.1) is 16.0 Å². The normalized spacial score (nSPS) is 12.6. The molecule has 0 aliphatic carbocycles. The number of carbonyl (C=O) groups is 2. The SMILES string of the molecule is O=C(O)c1ccccc1C(=O)NCCNS(=O)(=O)c1ccc2c(c1)OCO2. The van der Waals surface area contributed by atoms with E-state index in [2.05, 4.69) is 10.0 Å². The number of carboxylic acid groups (broad SMARTS) is 1. The first-order valence-electron chi connectivity index (χ1n) is 7.88. The number of fused-ring (bicyclic) bond motifs is 1. The molecule has 0 radical (unpaired) electrons. The van der Waals surface area contributed by atoms with Crippen LogP contribution in [0.4, 0.5) is 0 Å². The topological polar surface area (TPSA) is 131 Å². The number of rotatable bonds is 7. The summed E-state index contributed by atoms with van der Waals surface area (Å²) in [5, 5.41) is 11.6. The maximum atomic E-state index is 12.3. The van der Waals surface area contributed by atoms with E-state index in [-0.39, 0.29) is 35.9 Å². The van der Waals surface area contributed by atoms with Gasteiger partial charge in [0, 0.05) is 19.2 Å². The van der Waals surface area contributed by atoms with E-state index in [1.54, 1.807) is 6.07 Å². The Morgan fingerprint density at radius 3 is 2.44 bits per heavy atom. The van der Waals surface area contributed by atoms with E-state index in [1.165, 1.54) is 36.4 Å². The van der Waals surface area contributed by atoms with Gasteiger partial charge < -0.3 is 19.9 Å². The van der Waals surface area contributed by atoms with Crippen molar-refractivity contribution in [2.75, 3.05) is 19.9 Å². The summed E-state index contributed by atoms with van der Waals surface area (Å²) in [6, 6.07) is 10.0. The first-order valence-corrected chi connectivity index (χ1v) is 9.36. The second-order valence-corrected chi connectivity index (χ2v) is 7.29. The molecule has 3 rings (SSSR count). The van der Waals surface area contributed by atoms with Gasteiger partial charge in [-0.2, -0.15) is 0 Å². The summed E-state index contributed by atoms with van der Waals surface area (Å²) in [5.74, 6) is -1.01. The molecule has 2 aromatic rings. The van der Waals surface area contributed by atoms with Crippen LogP contribution in [0.25, 0.3) is 0 Å². The van der Waals surface area contributed by atoms with E-state index in [0.29, 0.717) is 11.5 Å². The highest BCUT2D eigenvalue weighted by molar-refractivity contribution is 7.89. The molecule has 0 aromatic heterocycles. The number of benzene rings is 2. The highest BCUT2D eigenvalue weighted by Gasteiger charge is 2.20. The smallest absolute Gasteiger partial charge is 0.336 e. The van der Waals surface area contributed by atoms with E-state index in [9.17, 15) is 18.0 Å². The number of hydrogen-bond donors (Lipinski definition) is 3. The Hall–Kier alpha value is -3.11. The van der Waals surface area contributed by atoms with Crippen LogP contribution in [0.5, 0.6) is 11.5 Å². The van der Waals surface area contributed by atoms with Crippen LogP contribution in [0.1, 0.15) is 20.7 Å². The Bertz CT molecular complexity index is 989. The van der Waals surface area contributed by atoms with Crippen molar-refractivity contribution < 1.29 is 32.6 Å². The lowest BCUT2D eigenvalue weighted by molar-refractivity contribution is 0.0691. The molecule has 0 saturated carbocycles. The number of carbonyl (C=O) groups excluding carboxylic acids is 1. The molecule has 0 bridgehead atoms. The van der Waals surface area contributed by atoms with Crippen molar-refractivity contribution in [2.45, 2.75) is 4.90 Å². The lowest BCUT2D eigenvalue weighted by Gasteiger charge is -2.10. The van der Waals surface area contributed by atoms with Gasteiger partial charge in [-0.05, 0) is 24.3 Å². The lowest BCUT2D eigenvalue weighted by Crippen LogP contribution is -2.35. The maximum absolute atomic E-state index is 12.3. The summed E-state index contributed by atoms with van der Waals surface area (Å²) in [6.45, 7) is -0.0512. The van der Waals surface area contributed by atoms with Crippen LogP contribution in [0.3, 0.4) is 0 Å². The van der Waals surface area contributed by atoms with Gasteiger partial charge in [0.15, 0.2) is 11.5 Å². The molecular weight excluding hydrogens is 376 g/mol. The van der Waals surface area contributed by atoms with Crippen LogP contribution < -0.4 is 19.5 Å². The van der Waals surface area contributed by atoms with Gasteiger partial charge in [-0.1, -0.05) is 12.1 Å². The van der Waals surface area contributed by atoms with Crippen LogP contribution in [0.15, 0.2) is 47.4 Å². The Kier molecular flexibility index (Phi) is 5.28. The predicted octanol–water partition coefficient (Wildman–Crippen LogP) is 0.822. The van der Waals surface area contributed by atoms with Crippen molar-refractivity contribution in [3.8, 4) is 11.5 Å². The zero-order chi connectivity index (χ0) is 19.4. The van der Waals surface area contributed by atoms with Gasteiger partial charge in [0.2, 0.25) is 16.8 Å². The Morgan fingerprint density at radius 2 is 1.70 bits per heavy atom. The lowest BCUT2D eigenvalue weighted by atomic mass is 10.1. The highest BCUT2D eigenvalue weighted by atomic mass is 32.2. The highest BCUT2D eigenvalue weighted by Crippen LogP contribution is 2.33. The summed E-state index contributed by atoms with van der Waals surface area (Å²) >= 11 is 0. The Balaban J connectivity index is 1.57. The average molecular weight is 392 g/mol. The first-order chi connectivity index (χ1) is 12.9. The maximum Gasteiger partial charge on any atom is 0.336 e. The van der Waals surface area contributed by atoms with Crippen LogP contribution >= 0.6 is 0 Å².